The summed E-state index contributed by atoms with van der Waals surface area (Å²) in [7, 11) is 0. The summed E-state index contributed by atoms with van der Waals surface area (Å²) in [6.45, 7) is 3.99. The van der Waals surface area contributed by atoms with E-state index < -0.39 is 11.9 Å². The number of carboxylic acid groups (broad SMARTS) is 2. The number of benzene rings is 1. The van der Waals surface area contributed by atoms with Gasteiger partial charge in [0, 0.05) is 0 Å². The minimum Gasteiger partial charge on any atom is -0.478 e. The SMILES string of the molecule is CCCCCCCCCCCCCCCCCCc1ccc(C(=O)O)c(C(=O)O)c1C. The van der Waals surface area contributed by atoms with Crippen LogP contribution in [0, 0.1) is 6.92 Å². The molecule has 0 spiro atoms. The number of aryl methyl sites for hydroxylation is 1. The van der Waals surface area contributed by atoms with Gasteiger partial charge >= 0.3 is 11.9 Å². The van der Waals surface area contributed by atoms with Crippen LogP contribution in [-0.4, -0.2) is 22.2 Å². The smallest absolute Gasteiger partial charge is 0.336 e. The monoisotopic (exact) mass is 432 g/mol. The van der Waals surface area contributed by atoms with E-state index in [1.54, 1.807) is 13.0 Å². The minimum absolute atomic E-state index is 0.0681. The van der Waals surface area contributed by atoms with Gasteiger partial charge in [0.25, 0.3) is 0 Å². The summed E-state index contributed by atoms with van der Waals surface area (Å²) in [5, 5.41) is 18.6. The maximum atomic E-state index is 11.5. The second-order valence-electron chi connectivity index (χ2n) is 8.94. The molecular formula is C27H44O4. The van der Waals surface area contributed by atoms with Crippen molar-refractivity contribution in [2.75, 3.05) is 0 Å². The van der Waals surface area contributed by atoms with Gasteiger partial charge in [-0.3, -0.25) is 0 Å². The first-order valence-corrected chi connectivity index (χ1v) is 12.6. The first kappa shape index (κ1) is 27.2. The van der Waals surface area contributed by atoms with Crippen LogP contribution in [0.2, 0.25) is 0 Å². The molecule has 0 atom stereocenters. The van der Waals surface area contributed by atoms with Crippen LogP contribution >= 0.6 is 0 Å². The highest BCUT2D eigenvalue weighted by atomic mass is 16.4. The quantitative estimate of drug-likeness (QED) is 0.216. The zero-order valence-electron chi connectivity index (χ0n) is 19.9. The Morgan fingerprint density at radius 3 is 1.45 bits per heavy atom. The molecule has 4 nitrogen and oxygen atoms in total. The van der Waals surface area contributed by atoms with E-state index in [9.17, 15) is 19.8 Å². The summed E-state index contributed by atoms with van der Waals surface area (Å²) < 4.78 is 0. The van der Waals surface area contributed by atoms with Gasteiger partial charge in [0.2, 0.25) is 0 Å². The normalized spacial score (nSPS) is 11.0. The highest BCUT2D eigenvalue weighted by molar-refractivity contribution is 6.03. The third-order valence-electron chi connectivity index (χ3n) is 6.32. The third-order valence-corrected chi connectivity index (χ3v) is 6.32. The number of hydrogen-bond donors (Lipinski definition) is 2. The van der Waals surface area contributed by atoms with Gasteiger partial charge in [-0.05, 0) is 37.0 Å². The first-order chi connectivity index (χ1) is 15.0. The molecule has 0 unspecified atom stereocenters. The van der Waals surface area contributed by atoms with E-state index in [1.807, 2.05) is 0 Å². The fourth-order valence-electron chi connectivity index (χ4n) is 4.34. The molecular weight excluding hydrogens is 388 g/mol. The summed E-state index contributed by atoms with van der Waals surface area (Å²) >= 11 is 0. The van der Waals surface area contributed by atoms with Crippen molar-refractivity contribution in [1.29, 1.82) is 0 Å². The van der Waals surface area contributed by atoms with Gasteiger partial charge in [0.15, 0.2) is 0 Å². The van der Waals surface area contributed by atoms with Crippen LogP contribution in [0.25, 0.3) is 0 Å². The van der Waals surface area contributed by atoms with E-state index in [4.69, 9.17) is 0 Å². The lowest BCUT2D eigenvalue weighted by atomic mass is 9.93. The molecule has 1 aromatic rings. The molecule has 4 heteroatoms. The molecule has 0 aliphatic carbocycles. The average molecular weight is 433 g/mol. The second kappa shape index (κ2) is 16.8. The summed E-state index contributed by atoms with van der Waals surface area (Å²) in [5.74, 6) is -2.35. The average Bonchev–Trinajstić information content (AvgIpc) is 2.73. The molecule has 1 rings (SSSR count). The standard InChI is InChI=1S/C27H44O4/c1-3-4-5-6-7-8-9-10-11-12-13-14-15-16-17-18-19-23-20-21-24(26(28)29)25(22(23)2)27(30)31/h20-21H,3-19H2,1-2H3,(H,28,29)(H,30,31). The molecule has 0 fully saturated rings. The van der Waals surface area contributed by atoms with Crippen molar-refractivity contribution in [2.45, 2.75) is 123 Å². The number of unbranched alkanes of at least 4 members (excludes halogenated alkanes) is 15. The molecule has 31 heavy (non-hydrogen) atoms. The van der Waals surface area contributed by atoms with Gasteiger partial charge in [-0.15, -0.1) is 0 Å². The van der Waals surface area contributed by atoms with Crippen LogP contribution in [0.15, 0.2) is 12.1 Å². The number of carbonyl (C=O) groups is 2. The fraction of sp³-hybridized carbons (Fsp3) is 0.704. The van der Waals surface area contributed by atoms with E-state index in [1.165, 1.54) is 96.0 Å². The molecule has 0 aromatic heterocycles. The Hall–Kier alpha value is -1.84. The van der Waals surface area contributed by atoms with Crippen LogP contribution in [0.3, 0.4) is 0 Å². The summed E-state index contributed by atoms with van der Waals surface area (Å²) in [5.41, 5.74) is 1.35. The van der Waals surface area contributed by atoms with E-state index >= 15 is 0 Å². The highest BCUT2D eigenvalue weighted by Gasteiger charge is 2.20. The predicted molar refractivity (Wildman–Crippen MR) is 128 cm³/mol. The van der Waals surface area contributed by atoms with Crippen LogP contribution in [0.5, 0.6) is 0 Å². The molecule has 2 N–H and O–H groups in total. The van der Waals surface area contributed by atoms with Crippen molar-refractivity contribution < 1.29 is 19.8 Å². The lowest BCUT2D eigenvalue weighted by molar-refractivity contribution is 0.0650. The van der Waals surface area contributed by atoms with Crippen molar-refractivity contribution in [3.63, 3.8) is 0 Å². The molecule has 0 radical (unpaired) electrons. The molecule has 0 heterocycles. The molecule has 1 aromatic carbocycles. The molecule has 0 saturated carbocycles. The Morgan fingerprint density at radius 2 is 1.06 bits per heavy atom. The Morgan fingerprint density at radius 1 is 0.645 bits per heavy atom. The molecule has 0 amide bonds. The van der Waals surface area contributed by atoms with E-state index in [0.717, 1.165) is 24.8 Å². The number of rotatable bonds is 19. The van der Waals surface area contributed by atoms with Gasteiger partial charge in [-0.25, -0.2) is 9.59 Å². The Kier molecular flexibility index (Phi) is 14.7. The summed E-state index contributed by atoms with van der Waals surface area (Å²) in [4.78, 5) is 22.7. The maximum Gasteiger partial charge on any atom is 0.336 e. The van der Waals surface area contributed by atoms with Gasteiger partial charge in [0.05, 0.1) is 11.1 Å². The third kappa shape index (κ3) is 11.4. The first-order valence-electron chi connectivity index (χ1n) is 12.6. The van der Waals surface area contributed by atoms with Gasteiger partial charge in [-0.1, -0.05) is 109 Å². The van der Waals surface area contributed by atoms with Gasteiger partial charge in [-0.2, -0.15) is 0 Å². The largest absolute Gasteiger partial charge is 0.478 e. The van der Waals surface area contributed by atoms with Crippen LogP contribution in [0.1, 0.15) is 141 Å². The maximum absolute atomic E-state index is 11.5. The topological polar surface area (TPSA) is 74.6 Å². The van der Waals surface area contributed by atoms with Crippen molar-refractivity contribution >= 4 is 11.9 Å². The van der Waals surface area contributed by atoms with Crippen molar-refractivity contribution in [3.05, 3.63) is 34.4 Å². The lowest BCUT2D eigenvalue weighted by Gasteiger charge is -2.11. The van der Waals surface area contributed by atoms with Gasteiger partial charge in [0.1, 0.15) is 0 Å². The summed E-state index contributed by atoms with van der Waals surface area (Å²) in [6, 6.07) is 3.21. The van der Waals surface area contributed by atoms with Crippen LogP contribution < -0.4 is 0 Å². The predicted octanol–water partition coefficient (Wildman–Crippen LogP) is 8.20. The van der Waals surface area contributed by atoms with Crippen molar-refractivity contribution in [3.8, 4) is 0 Å². The van der Waals surface area contributed by atoms with Crippen LogP contribution in [-0.2, 0) is 6.42 Å². The van der Waals surface area contributed by atoms with E-state index in [-0.39, 0.29) is 11.1 Å². The number of aromatic carboxylic acids is 2. The minimum atomic E-state index is -1.19. The molecule has 0 saturated heterocycles. The molecule has 0 bridgehead atoms. The van der Waals surface area contributed by atoms with E-state index in [2.05, 4.69) is 6.92 Å². The van der Waals surface area contributed by atoms with E-state index in [0.29, 0.717) is 5.56 Å². The second-order valence-corrected chi connectivity index (χ2v) is 8.94. The zero-order chi connectivity index (χ0) is 22.9. The fourth-order valence-corrected chi connectivity index (χ4v) is 4.34. The zero-order valence-corrected chi connectivity index (χ0v) is 19.9. The molecule has 0 aliphatic heterocycles. The van der Waals surface area contributed by atoms with Crippen molar-refractivity contribution in [1.82, 2.24) is 0 Å². The molecule has 176 valence electrons. The number of hydrogen-bond acceptors (Lipinski definition) is 2. The number of carboxylic acids is 2. The Balaban J connectivity index is 2.06. The lowest BCUT2D eigenvalue weighted by Crippen LogP contribution is -2.12. The van der Waals surface area contributed by atoms with Crippen molar-refractivity contribution in [2.24, 2.45) is 0 Å². The Bertz CT molecular complexity index is 651. The van der Waals surface area contributed by atoms with Gasteiger partial charge < -0.3 is 10.2 Å². The highest BCUT2D eigenvalue weighted by Crippen LogP contribution is 2.22. The van der Waals surface area contributed by atoms with Crippen LogP contribution in [0.4, 0.5) is 0 Å². The molecule has 0 aliphatic rings. The Labute approximate surface area is 189 Å². The summed E-state index contributed by atoms with van der Waals surface area (Å²) in [6.07, 6.45) is 22.0.